The number of hydroxylamine groups is 2. The van der Waals surface area contributed by atoms with E-state index in [1.54, 1.807) is 12.1 Å². The first-order chi connectivity index (χ1) is 14.5. The highest BCUT2D eigenvalue weighted by molar-refractivity contribution is 7.15. The molecule has 0 unspecified atom stereocenters. The maximum atomic E-state index is 12.2. The molecule has 1 fully saturated rings. The molecule has 2 heterocycles. The minimum atomic E-state index is -0.847. The summed E-state index contributed by atoms with van der Waals surface area (Å²) in [5.74, 6) is -2.26. The van der Waals surface area contributed by atoms with Gasteiger partial charge in [0.25, 0.3) is 11.8 Å². The number of anilines is 1. The smallest absolute Gasteiger partial charge is 0.330 e. The maximum Gasteiger partial charge on any atom is 0.333 e. The number of hydrogen-bond acceptors (Lipinski definition) is 8. The van der Waals surface area contributed by atoms with Crippen LogP contribution in [0.1, 0.15) is 76.6 Å². The van der Waals surface area contributed by atoms with Gasteiger partial charge in [0.15, 0.2) is 0 Å². The highest BCUT2D eigenvalue weighted by Gasteiger charge is 2.38. The molecular formula is C20H20N4O5S. The number of aromatic nitrogens is 2. The number of carbonyl (C=O) groups excluding carboxylic acids is 4. The van der Waals surface area contributed by atoms with Crippen molar-refractivity contribution in [2.75, 3.05) is 5.32 Å². The molecular weight excluding hydrogens is 408 g/mol. The molecule has 10 heteroatoms. The third-order valence-corrected chi connectivity index (χ3v) is 6.15. The van der Waals surface area contributed by atoms with E-state index in [1.165, 1.54) is 42.7 Å². The fraction of sp³-hybridized carbons (Fsp3) is 0.400. The Morgan fingerprint density at radius 2 is 1.70 bits per heavy atom. The van der Waals surface area contributed by atoms with Crippen LogP contribution in [0.2, 0.25) is 0 Å². The van der Waals surface area contributed by atoms with E-state index in [0.29, 0.717) is 16.1 Å². The summed E-state index contributed by atoms with van der Waals surface area (Å²) in [5.41, 5.74) is 0.358. The van der Waals surface area contributed by atoms with Crippen LogP contribution in [-0.2, 0) is 14.4 Å². The van der Waals surface area contributed by atoms with Crippen LogP contribution in [0.3, 0.4) is 0 Å². The Balaban J connectivity index is 1.25. The van der Waals surface area contributed by atoms with E-state index in [4.69, 9.17) is 4.84 Å². The van der Waals surface area contributed by atoms with Crippen molar-refractivity contribution >= 4 is 40.2 Å². The molecule has 30 heavy (non-hydrogen) atoms. The van der Waals surface area contributed by atoms with Crippen molar-refractivity contribution < 1.29 is 24.0 Å². The summed E-state index contributed by atoms with van der Waals surface area (Å²) >= 11 is 1.35. The Bertz CT molecular complexity index is 964. The van der Waals surface area contributed by atoms with Crippen LogP contribution in [-0.4, -0.2) is 39.0 Å². The van der Waals surface area contributed by atoms with E-state index in [0.717, 1.165) is 17.8 Å². The van der Waals surface area contributed by atoms with Gasteiger partial charge in [0.1, 0.15) is 5.01 Å². The van der Waals surface area contributed by atoms with Crippen LogP contribution < -0.4 is 5.32 Å². The third-order valence-electron chi connectivity index (χ3n) is 5.15. The second kappa shape index (κ2) is 8.70. The largest absolute Gasteiger partial charge is 0.333 e. The highest BCUT2D eigenvalue weighted by atomic mass is 32.1. The number of fused-ring (bicyclic) bond motifs is 1. The van der Waals surface area contributed by atoms with Gasteiger partial charge in [-0.2, -0.15) is 0 Å². The molecule has 3 amide bonds. The van der Waals surface area contributed by atoms with Crippen LogP contribution in [0.25, 0.3) is 0 Å². The summed E-state index contributed by atoms with van der Waals surface area (Å²) in [4.78, 5) is 53.4. The topological polar surface area (TPSA) is 119 Å². The number of nitrogens with zero attached hydrogens (tertiary/aromatic N) is 3. The summed E-state index contributed by atoms with van der Waals surface area (Å²) in [5, 5.41) is 12.6. The van der Waals surface area contributed by atoms with E-state index in [9.17, 15) is 19.2 Å². The molecule has 1 aliphatic carbocycles. The normalized spacial score (nSPS) is 16.5. The third kappa shape index (κ3) is 4.23. The summed E-state index contributed by atoms with van der Waals surface area (Å²) < 4.78 is 0. The van der Waals surface area contributed by atoms with Crippen LogP contribution in [0.15, 0.2) is 24.3 Å². The van der Waals surface area contributed by atoms with Gasteiger partial charge >= 0.3 is 5.97 Å². The van der Waals surface area contributed by atoms with E-state index in [2.05, 4.69) is 15.5 Å². The van der Waals surface area contributed by atoms with E-state index >= 15 is 0 Å². The van der Waals surface area contributed by atoms with Crippen molar-refractivity contribution in [3.8, 4) is 0 Å². The van der Waals surface area contributed by atoms with E-state index in [1.807, 2.05) is 0 Å². The number of benzene rings is 1. The molecule has 4 rings (SSSR count). The lowest BCUT2D eigenvalue weighted by molar-refractivity contribution is -0.168. The minimum Gasteiger partial charge on any atom is -0.330 e. The monoisotopic (exact) mass is 428 g/mol. The minimum absolute atomic E-state index is 0.166. The average molecular weight is 428 g/mol. The second-order valence-electron chi connectivity index (χ2n) is 7.24. The Morgan fingerprint density at radius 3 is 2.37 bits per heavy atom. The Hall–Kier alpha value is -3.14. The van der Waals surface area contributed by atoms with Crippen molar-refractivity contribution in [2.24, 2.45) is 0 Å². The van der Waals surface area contributed by atoms with Crippen molar-refractivity contribution in [3.63, 3.8) is 0 Å². The zero-order chi connectivity index (χ0) is 21.1. The molecule has 0 radical (unpaired) electrons. The van der Waals surface area contributed by atoms with Crippen LogP contribution >= 0.6 is 11.3 Å². The molecule has 1 aromatic carbocycles. The van der Waals surface area contributed by atoms with Gasteiger partial charge in [-0.05, 0) is 25.0 Å². The van der Waals surface area contributed by atoms with Crippen molar-refractivity contribution in [1.82, 2.24) is 15.3 Å². The molecule has 1 N–H and O–H groups in total. The summed E-state index contributed by atoms with van der Waals surface area (Å²) in [6, 6.07) is 6.21. The van der Waals surface area contributed by atoms with Gasteiger partial charge in [0.05, 0.1) is 17.5 Å². The number of amides is 3. The zero-order valence-corrected chi connectivity index (χ0v) is 16.9. The Morgan fingerprint density at radius 1 is 1.03 bits per heavy atom. The summed E-state index contributed by atoms with van der Waals surface area (Å²) in [6.45, 7) is 0. The van der Waals surface area contributed by atoms with Crippen LogP contribution in [0.4, 0.5) is 5.13 Å². The van der Waals surface area contributed by atoms with Gasteiger partial charge in [-0.25, -0.2) is 4.79 Å². The molecule has 2 aliphatic rings. The second-order valence-corrected chi connectivity index (χ2v) is 8.25. The van der Waals surface area contributed by atoms with Crippen molar-refractivity contribution in [2.45, 2.75) is 50.9 Å². The predicted molar refractivity (Wildman–Crippen MR) is 107 cm³/mol. The number of nitrogens with one attached hydrogen (secondary N) is 1. The molecule has 2 aromatic rings. The first-order valence-corrected chi connectivity index (χ1v) is 10.7. The number of imide groups is 1. The predicted octanol–water partition coefficient (Wildman–Crippen LogP) is 3.06. The fourth-order valence-corrected chi connectivity index (χ4v) is 4.52. The quantitative estimate of drug-likeness (QED) is 0.702. The van der Waals surface area contributed by atoms with Crippen LogP contribution in [0.5, 0.6) is 0 Å². The zero-order valence-electron chi connectivity index (χ0n) is 16.1. The lowest BCUT2D eigenvalue weighted by Crippen LogP contribution is -2.32. The standard InChI is InChI=1S/C20H20N4O5S/c25-15(21-20-23-22-17(30-20)12-6-2-1-3-7-12)10-11-16(26)29-24-18(27)13-8-4-5-9-14(13)19(24)28/h4-5,8-9,12H,1-3,6-7,10-11H2,(H,21,23,25). The summed E-state index contributed by atoms with van der Waals surface area (Å²) in [6.07, 6.45) is 5.34. The van der Waals surface area contributed by atoms with Gasteiger partial charge in [-0.3, -0.25) is 14.4 Å². The van der Waals surface area contributed by atoms with Gasteiger partial charge in [-0.1, -0.05) is 47.8 Å². The maximum absolute atomic E-state index is 12.2. The van der Waals surface area contributed by atoms with Crippen molar-refractivity contribution in [1.29, 1.82) is 0 Å². The molecule has 0 saturated heterocycles. The number of rotatable bonds is 6. The molecule has 1 aromatic heterocycles. The lowest BCUT2D eigenvalue weighted by Gasteiger charge is -2.18. The lowest BCUT2D eigenvalue weighted by atomic mass is 9.90. The van der Waals surface area contributed by atoms with E-state index < -0.39 is 23.7 Å². The molecule has 9 nitrogen and oxygen atoms in total. The van der Waals surface area contributed by atoms with E-state index in [-0.39, 0.29) is 24.0 Å². The molecule has 0 spiro atoms. The average Bonchev–Trinajstić information content (AvgIpc) is 3.32. The molecule has 1 aliphatic heterocycles. The molecule has 156 valence electrons. The first kappa shape index (κ1) is 20.1. The number of carbonyl (C=O) groups is 4. The molecule has 0 bridgehead atoms. The SMILES string of the molecule is O=C(CCC(=O)ON1C(=O)c2ccccc2C1=O)Nc1nnc(C2CCCCC2)s1. The number of hydrogen-bond donors (Lipinski definition) is 1. The fourth-order valence-electron chi connectivity index (χ4n) is 3.59. The Kier molecular flexibility index (Phi) is 5.84. The van der Waals surface area contributed by atoms with Crippen LogP contribution in [0, 0.1) is 0 Å². The van der Waals surface area contributed by atoms with Gasteiger partial charge < -0.3 is 10.2 Å². The Labute approximate surface area is 176 Å². The summed E-state index contributed by atoms with van der Waals surface area (Å²) in [7, 11) is 0. The first-order valence-electron chi connectivity index (χ1n) is 9.85. The van der Waals surface area contributed by atoms with Crippen molar-refractivity contribution in [3.05, 3.63) is 40.4 Å². The molecule has 1 saturated carbocycles. The van der Waals surface area contributed by atoms with Gasteiger partial charge in [0.2, 0.25) is 11.0 Å². The highest BCUT2D eigenvalue weighted by Crippen LogP contribution is 2.35. The van der Waals surface area contributed by atoms with Gasteiger partial charge in [0, 0.05) is 12.3 Å². The molecule has 0 atom stereocenters. The van der Waals surface area contributed by atoms with Gasteiger partial charge in [-0.15, -0.1) is 10.2 Å².